The number of nitrogens with zero attached hydrogens (tertiary/aromatic N) is 5. The maximum atomic E-state index is 10.7. The van der Waals surface area contributed by atoms with Crippen molar-refractivity contribution < 1.29 is 4.92 Å². The summed E-state index contributed by atoms with van der Waals surface area (Å²) in [7, 11) is 1.85. The number of benzene rings is 1. The van der Waals surface area contributed by atoms with Crippen LogP contribution in [0.15, 0.2) is 23.4 Å². The number of aromatic nitrogens is 4. The molecule has 1 aromatic heterocycles. The van der Waals surface area contributed by atoms with Crippen molar-refractivity contribution in [1.29, 1.82) is 0 Å². The summed E-state index contributed by atoms with van der Waals surface area (Å²) >= 11 is 7.48. The quantitative estimate of drug-likeness (QED) is 0.469. The SMILES string of the molecule is CNCCn1nnnc1SCc1ccc([N+](=O)[O-])cc1Cl. The zero-order chi connectivity index (χ0) is 15.2. The molecule has 1 N–H and O–H groups in total. The second kappa shape index (κ2) is 7.34. The summed E-state index contributed by atoms with van der Waals surface area (Å²) in [6, 6.07) is 4.43. The molecule has 0 radical (unpaired) electrons. The van der Waals surface area contributed by atoms with E-state index in [0.717, 1.165) is 12.1 Å². The normalized spacial score (nSPS) is 10.8. The predicted molar refractivity (Wildman–Crippen MR) is 79.4 cm³/mol. The number of thioether (sulfide) groups is 1. The van der Waals surface area contributed by atoms with Gasteiger partial charge in [0.2, 0.25) is 5.16 Å². The first-order valence-corrected chi connectivity index (χ1v) is 7.44. The van der Waals surface area contributed by atoms with Crippen LogP contribution in [0.2, 0.25) is 5.02 Å². The molecule has 2 rings (SSSR count). The zero-order valence-electron chi connectivity index (χ0n) is 11.2. The van der Waals surface area contributed by atoms with Gasteiger partial charge in [0, 0.05) is 24.4 Å². The first kappa shape index (κ1) is 15.7. The van der Waals surface area contributed by atoms with Crippen molar-refractivity contribution >= 4 is 29.1 Å². The van der Waals surface area contributed by atoms with Gasteiger partial charge in [0.1, 0.15) is 0 Å². The summed E-state index contributed by atoms with van der Waals surface area (Å²) in [5.41, 5.74) is 0.781. The number of likely N-dealkylation sites (N-methyl/N-ethyl adjacent to an activating group) is 1. The Balaban J connectivity index is 2.03. The number of hydrogen-bond donors (Lipinski definition) is 1. The Hall–Kier alpha value is -1.71. The van der Waals surface area contributed by atoms with Gasteiger partial charge in [-0.25, -0.2) is 4.68 Å². The van der Waals surface area contributed by atoms with Gasteiger partial charge in [-0.3, -0.25) is 10.1 Å². The van der Waals surface area contributed by atoms with Gasteiger partial charge in [0.25, 0.3) is 5.69 Å². The average Bonchev–Trinajstić information content (AvgIpc) is 2.91. The Morgan fingerprint density at radius 3 is 3.00 bits per heavy atom. The Labute approximate surface area is 130 Å². The minimum atomic E-state index is -0.471. The third-order valence-electron chi connectivity index (χ3n) is 2.68. The molecule has 0 aliphatic heterocycles. The zero-order valence-corrected chi connectivity index (χ0v) is 12.8. The second-order valence-electron chi connectivity index (χ2n) is 4.11. The summed E-state index contributed by atoms with van der Waals surface area (Å²) in [4.78, 5) is 10.2. The van der Waals surface area contributed by atoms with Crippen molar-refractivity contribution in [2.45, 2.75) is 17.5 Å². The van der Waals surface area contributed by atoms with E-state index in [4.69, 9.17) is 11.6 Å². The molecule has 0 fully saturated rings. The molecule has 0 atom stereocenters. The molecule has 10 heteroatoms. The molecular formula is C11H13ClN6O2S. The van der Waals surface area contributed by atoms with E-state index in [1.165, 1.54) is 23.9 Å². The fourth-order valence-corrected chi connectivity index (χ4v) is 2.80. The van der Waals surface area contributed by atoms with Crippen molar-refractivity contribution in [1.82, 2.24) is 25.5 Å². The number of nitrogens with one attached hydrogen (secondary N) is 1. The third kappa shape index (κ3) is 4.13. The van der Waals surface area contributed by atoms with Crippen molar-refractivity contribution in [3.05, 3.63) is 38.9 Å². The van der Waals surface area contributed by atoms with E-state index in [1.54, 1.807) is 10.7 Å². The molecular weight excluding hydrogens is 316 g/mol. The van der Waals surface area contributed by atoms with Crippen LogP contribution in [0, 0.1) is 10.1 Å². The van der Waals surface area contributed by atoms with Crippen LogP contribution in [-0.2, 0) is 12.3 Å². The summed E-state index contributed by atoms with van der Waals surface area (Å²) in [5.74, 6) is 0.538. The number of nitro benzene ring substituents is 1. The molecule has 112 valence electrons. The van der Waals surface area contributed by atoms with Crippen LogP contribution >= 0.6 is 23.4 Å². The highest BCUT2D eigenvalue weighted by atomic mass is 35.5. The fourth-order valence-electron chi connectivity index (χ4n) is 1.57. The number of halogens is 1. The maximum Gasteiger partial charge on any atom is 0.270 e. The Bertz CT molecular complexity index is 635. The van der Waals surface area contributed by atoms with E-state index in [9.17, 15) is 10.1 Å². The Morgan fingerprint density at radius 2 is 2.33 bits per heavy atom. The van der Waals surface area contributed by atoms with Gasteiger partial charge < -0.3 is 5.32 Å². The minimum absolute atomic E-state index is 0.0207. The van der Waals surface area contributed by atoms with Crippen LogP contribution in [0.5, 0.6) is 0 Å². The standard InChI is InChI=1S/C11H13ClN6O2S/c1-13-4-5-17-11(14-15-16-17)21-7-8-2-3-9(18(19)20)6-10(8)12/h2-3,6,13H,4-5,7H2,1H3. The molecule has 0 aliphatic rings. The summed E-state index contributed by atoms with van der Waals surface area (Å²) in [6.45, 7) is 1.43. The van der Waals surface area contributed by atoms with E-state index >= 15 is 0 Å². The summed E-state index contributed by atoms with van der Waals surface area (Å²) in [5, 5.41) is 26.2. The predicted octanol–water partition coefficient (Wildman–Crippen LogP) is 1.75. The third-order valence-corrected chi connectivity index (χ3v) is 4.03. The molecule has 0 aliphatic carbocycles. The summed E-state index contributed by atoms with van der Waals surface area (Å²) in [6.07, 6.45) is 0. The number of nitro groups is 1. The largest absolute Gasteiger partial charge is 0.318 e. The van der Waals surface area contributed by atoms with Crippen LogP contribution in [0.3, 0.4) is 0 Å². The van der Waals surface area contributed by atoms with Crippen molar-refractivity contribution in [3.8, 4) is 0 Å². The molecule has 1 aromatic carbocycles. The fraction of sp³-hybridized carbons (Fsp3) is 0.364. The van der Waals surface area contributed by atoms with Crippen molar-refractivity contribution in [2.75, 3.05) is 13.6 Å². The molecule has 0 saturated heterocycles. The lowest BCUT2D eigenvalue weighted by molar-refractivity contribution is -0.384. The maximum absolute atomic E-state index is 10.7. The van der Waals surface area contributed by atoms with E-state index < -0.39 is 4.92 Å². The van der Waals surface area contributed by atoms with Gasteiger partial charge in [-0.15, -0.1) is 5.10 Å². The van der Waals surface area contributed by atoms with Gasteiger partial charge in [0.15, 0.2) is 0 Å². The average molecular weight is 329 g/mol. The minimum Gasteiger partial charge on any atom is -0.318 e. The van der Waals surface area contributed by atoms with Crippen LogP contribution in [-0.4, -0.2) is 38.7 Å². The van der Waals surface area contributed by atoms with E-state index in [0.29, 0.717) is 22.5 Å². The molecule has 1 heterocycles. The van der Waals surface area contributed by atoms with E-state index in [2.05, 4.69) is 20.8 Å². The van der Waals surface area contributed by atoms with Crippen molar-refractivity contribution in [2.24, 2.45) is 0 Å². The first-order chi connectivity index (χ1) is 10.1. The lowest BCUT2D eigenvalue weighted by Gasteiger charge is -2.05. The first-order valence-electron chi connectivity index (χ1n) is 6.08. The molecule has 0 unspecified atom stereocenters. The molecule has 0 spiro atoms. The topological polar surface area (TPSA) is 98.8 Å². The monoisotopic (exact) mass is 328 g/mol. The van der Waals surface area contributed by atoms with Gasteiger partial charge >= 0.3 is 0 Å². The molecule has 21 heavy (non-hydrogen) atoms. The number of rotatable bonds is 7. The molecule has 0 saturated carbocycles. The van der Waals surface area contributed by atoms with Gasteiger partial charge in [0.05, 0.1) is 16.5 Å². The van der Waals surface area contributed by atoms with E-state index in [1.807, 2.05) is 7.05 Å². The van der Waals surface area contributed by atoms with Crippen LogP contribution in [0.1, 0.15) is 5.56 Å². The van der Waals surface area contributed by atoms with Crippen LogP contribution in [0.25, 0.3) is 0 Å². The molecule has 0 amide bonds. The highest BCUT2D eigenvalue weighted by molar-refractivity contribution is 7.98. The van der Waals surface area contributed by atoms with Gasteiger partial charge in [-0.1, -0.05) is 23.4 Å². The number of tetrazole rings is 1. The number of hydrogen-bond acceptors (Lipinski definition) is 7. The molecule has 8 nitrogen and oxygen atoms in total. The highest BCUT2D eigenvalue weighted by Gasteiger charge is 2.12. The second-order valence-corrected chi connectivity index (χ2v) is 5.46. The van der Waals surface area contributed by atoms with E-state index in [-0.39, 0.29) is 5.69 Å². The van der Waals surface area contributed by atoms with Crippen LogP contribution in [0.4, 0.5) is 5.69 Å². The smallest absolute Gasteiger partial charge is 0.270 e. The van der Waals surface area contributed by atoms with Crippen LogP contribution < -0.4 is 5.32 Å². The Morgan fingerprint density at radius 1 is 1.52 bits per heavy atom. The summed E-state index contributed by atoms with van der Waals surface area (Å²) < 4.78 is 1.69. The highest BCUT2D eigenvalue weighted by Crippen LogP contribution is 2.28. The lowest BCUT2D eigenvalue weighted by atomic mass is 10.2. The lowest BCUT2D eigenvalue weighted by Crippen LogP contribution is -2.16. The van der Waals surface area contributed by atoms with Gasteiger partial charge in [-0.05, 0) is 29.1 Å². The number of non-ortho nitro benzene ring substituents is 1. The van der Waals surface area contributed by atoms with Crippen molar-refractivity contribution in [3.63, 3.8) is 0 Å². The Kier molecular flexibility index (Phi) is 5.48. The van der Waals surface area contributed by atoms with Gasteiger partial charge in [-0.2, -0.15) is 0 Å². The molecule has 0 bridgehead atoms. The molecule has 2 aromatic rings.